The first-order valence-electron chi connectivity index (χ1n) is 6.76. The average molecular weight is 335 g/mol. The molecule has 1 heterocycles. The summed E-state index contributed by atoms with van der Waals surface area (Å²) in [7, 11) is 1.45. The summed E-state index contributed by atoms with van der Waals surface area (Å²) in [6.45, 7) is 1.27. The molecule has 10 heteroatoms. The second-order valence-electron chi connectivity index (χ2n) is 4.75. The van der Waals surface area contributed by atoms with E-state index >= 15 is 0 Å². The summed E-state index contributed by atoms with van der Waals surface area (Å²) < 4.78 is 19.9. The SMILES string of the molecule is Cc1nn(C)c(F)c1/C=N/NC(=O)COc1ccc([N+](=O)[O-])cc1. The molecule has 0 saturated heterocycles. The van der Waals surface area contributed by atoms with Crippen molar-refractivity contribution in [1.29, 1.82) is 0 Å². The monoisotopic (exact) mass is 335 g/mol. The summed E-state index contributed by atoms with van der Waals surface area (Å²) in [5.74, 6) is -0.826. The number of carbonyl (C=O) groups is 1. The Balaban J connectivity index is 1.85. The Bertz CT molecular complexity index is 785. The van der Waals surface area contributed by atoms with Gasteiger partial charge in [-0.15, -0.1) is 0 Å². The second-order valence-corrected chi connectivity index (χ2v) is 4.75. The van der Waals surface area contributed by atoms with Crippen molar-refractivity contribution in [1.82, 2.24) is 15.2 Å². The summed E-state index contributed by atoms with van der Waals surface area (Å²) in [4.78, 5) is 21.6. The minimum atomic E-state index is -0.563. The molecule has 0 radical (unpaired) electrons. The van der Waals surface area contributed by atoms with E-state index in [4.69, 9.17) is 4.74 Å². The first kappa shape index (κ1) is 17.1. The van der Waals surface area contributed by atoms with Crippen LogP contribution in [0.4, 0.5) is 10.1 Å². The molecular weight excluding hydrogens is 321 g/mol. The van der Waals surface area contributed by atoms with Gasteiger partial charge in [-0.05, 0) is 19.1 Å². The van der Waals surface area contributed by atoms with Crippen molar-refractivity contribution >= 4 is 17.8 Å². The zero-order chi connectivity index (χ0) is 17.7. The minimum Gasteiger partial charge on any atom is -0.484 e. The molecule has 0 saturated carbocycles. The Morgan fingerprint density at radius 2 is 2.17 bits per heavy atom. The minimum absolute atomic E-state index is 0.0785. The quantitative estimate of drug-likeness (QED) is 0.486. The highest BCUT2D eigenvalue weighted by Gasteiger charge is 2.10. The van der Waals surface area contributed by atoms with Crippen LogP contribution in [-0.4, -0.2) is 33.4 Å². The number of nitro benzene ring substituents is 1. The molecule has 24 heavy (non-hydrogen) atoms. The van der Waals surface area contributed by atoms with Gasteiger partial charge < -0.3 is 4.74 Å². The fourth-order valence-corrected chi connectivity index (χ4v) is 1.81. The van der Waals surface area contributed by atoms with Crippen molar-refractivity contribution in [3.05, 3.63) is 51.6 Å². The molecule has 0 fully saturated rings. The molecule has 1 N–H and O–H groups in total. The molecule has 1 aromatic carbocycles. The predicted octanol–water partition coefficient (Wildman–Crippen LogP) is 1.30. The first-order chi connectivity index (χ1) is 11.4. The molecule has 0 aliphatic carbocycles. The lowest BCUT2D eigenvalue weighted by Crippen LogP contribution is -2.24. The molecule has 0 spiro atoms. The predicted molar refractivity (Wildman–Crippen MR) is 82.2 cm³/mol. The number of aryl methyl sites for hydroxylation is 2. The van der Waals surface area contributed by atoms with E-state index in [1.807, 2.05) is 0 Å². The normalized spacial score (nSPS) is 10.8. The molecule has 0 aliphatic rings. The molecule has 126 valence electrons. The molecule has 0 bridgehead atoms. The Kier molecular flexibility index (Phi) is 5.20. The van der Waals surface area contributed by atoms with Crippen molar-refractivity contribution in [2.75, 3.05) is 6.61 Å². The highest BCUT2D eigenvalue weighted by atomic mass is 19.1. The van der Waals surface area contributed by atoms with Gasteiger partial charge in [0, 0.05) is 19.2 Å². The van der Waals surface area contributed by atoms with Crippen molar-refractivity contribution in [3.63, 3.8) is 0 Å². The molecule has 2 rings (SSSR count). The van der Waals surface area contributed by atoms with Crippen molar-refractivity contribution in [2.24, 2.45) is 12.1 Å². The molecule has 0 aliphatic heterocycles. The highest BCUT2D eigenvalue weighted by Crippen LogP contribution is 2.17. The standard InChI is InChI=1S/C14H14FN5O4/c1-9-12(14(15)19(2)18-9)7-16-17-13(21)8-24-11-5-3-10(4-6-11)20(22)23/h3-7H,8H2,1-2H3,(H,17,21)/b16-7+. The van der Waals surface area contributed by atoms with Crippen LogP contribution in [0.5, 0.6) is 5.75 Å². The fraction of sp³-hybridized carbons (Fsp3) is 0.214. The van der Waals surface area contributed by atoms with E-state index in [1.165, 1.54) is 31.3 Å². The van der Waals surface area contributed by atoms with E-state index in [9.17, 15) is 19.3 Å². The van der Waals surface area contributed by atoms with Crippen LogP contribution in [0.15, 0.2) is 29.4 Å². The van der Waals surface area contributed by atoms with E-state index in [1.54, 1.807) is 6.92 Å². The molecule has 1 amide bonds. The van der Waals surface area contributed by atoms with Gasteiger partial charge in [-0.1, -0.05) is 0 Å². The van der Waals surface area contributed by atoms with Gasteiger partial charge in [-0.25, -0.2) is 10.1 Å². The summed E-state index contributed by atoms with van der Waals surface area (Å²) in [6, 6.07) is 5.28. The third-order valence-corrected chi connectivity index (χ3v) is 3.00. The first-order valence-corrected chi connectivity index (χ1v) is 6.76. The van der Waals surface area contributed by atoms with Gasteiger partial charge in [0.15, 0.2) is 6.61 Å². The summed E-state index contributed by atoms with van der Waals surface area (Å²) in [5, 5.41) is 18.0. The van der Waals surface area contributed by atoms with E-state index < -0.39 is 16.8 Å². The summed E-state index contributed by atoms with van der Waals surface area (Å²) in [6.07, 6.45) is 1.15. The maximum absolute atomic E-state index is 13.6. The van der Waals surface area contributed by atoms with Crippen LogP contribution in [0.1, 0.15) is 11.3 Å². The number of nitro groups is 1. The Labute approximate surface area is 135 Å². The maximum atomic E-state index is 13.6. The zero-order valence-corrected chi connectivity index (χ0v) is 12.9. The largest absolute Gasteiger partial charge is 0.484 e. The van der Waals surface area contributed by atoms with E-state index in [0.717, 1.165) is 10.9 Å². The number of benzene rings is 1. The second kappa shape index (κ2) is 7.31. The van der Waals surface area contributed by atoms with Crippen molar-refractivity contribution < 1.29 is 18.8 Å². The zero-order valence-electron chi connectivity index (χ0n) is 12.9. The van der Waals surface area contributed by atoms with Crippen LogP contribution in [0.25, 0.3) is 0 Å². The number of aromatic nitrogens is 2. The Hall–Kier alpha value is -3.30. The number of nitrogens with zero attached hydrogens (tertiary/aromatic N) is 4. The van der Waals surface area contributed by atoms with E-state index in [-0.39, 0.29) is 17.9 Å². The number of carbonyl (C=O) groups excluding carboxylic acids is 1. The third kappa shape index (κ3) is 4.12. The lowest BCUT2D eigenvalue weighted by atomic mass is 10.3. The number of nitrogens with one attached hydrogen (secondary N) is 1. The molecule has 0 unspecified atom stereocenters. The third-order valence-electron chi connectivity index (χ3n) is 3.00. The van der Waals surface area contributed by atoms with Gasteiger partial charge in [0.05, 0.1) is 22.4 Å². The van der Waals surface area contributed by atoms with Gasteiger partial charge in [0.2, 0.25) is 5.95 Å². The number of halogens is 1. The maximum Gasteiger partial charge on any atom is 0.277 e. The van der Waals surface area contributed by atoms with Crippen molar-refractivity contribution in [2.45, 2.75) is 6.92 Å². The number of hydrogen-bond acceptors (Lipinski definition) is 6. The van der Waals surface area contributed by atoms with Gasteiger partial charge in [0.25, 0.3) is 11.6 Å². The highest BCUT2D eigenvalue weighted by molar-refractivity contribution is 5.83. The number of rotatable bonds is 6. The molecule has 1 aromatic heterocycles. The van der Waals surface area contributed by atoms with Crippen LogP contribution < -0.4 is 10.2 Å². The summed E-state index contributed by atoms with van der Waals surface area (Å²) >= 11 is 0. The average Bonchev–Trinajstić information content (AvgIpc) is 2.79. The number of hydrogen-bond donors (Lipinski definition) is 1. The number of amides is 1. The van der Waals surface area contributed by atoms with Crippen LogP contribution in [0.2, 0.25) is 0 Å². The molecule has 2 aromatic rings. The lowest BCUT2D eigenvalue weighted by Gasteiger charge is -2.04. The fourth-order valence-electron chi connectivity index (χ4n) is 1.81. The number of hydrazone groups is 1. The van der Waals surface area contributed by atoms with Crippen LogP contribution in [0.3, 0.4) is 0 Å². The van der Waals surface area contributed by atoms with Crippen LogP contribution in [-0.2, 0) is 11.8 Å². The number of ether oxygens (including phenoxy) is 1. The Morgan fingerprint density at radius 1 is 1.50 bits per heavy atom. The van der Waals surface area contributed by atoms with E-state index in [0.29, 0.717) is 11.4 Å². The number of non-ortho nitro benzene ring substituents is 1. The Morgan fingerprint density at radius 3 is 2.71 bits per heavy atom. The van der Waals surface area contributed by atoms with Crippen LogP contribution in [0, 0.1) is 23.0 Å². The topological polar surface area (TPSA) is 112 Å². The van der Waals surface area contributed by atoms with E-state index in [2.05, 4.69) is 15.6 Å². The van der Waals surface area contributed by atoms with Gasteiger partial charge in [0.1, 0.15) is 5.75 Å². The lowest BCUT2D eigenvalue weighted by molar-refractivity contribution is -0.384. The van der Waals surface area contributed by atoms with Gasteiger partial charge >= 0.3 is 0 Å². The molecule has 0 atom stereocenters. The van der Waals surface area contributed by atoms with Crippen molar-refractivity contribution in [3.8, 4) is 5.75 Å². The smallest absolute Gasteiger partial charge is 0.277 e. The van der Waals surface area contributed by atoms with Gasteiger partial charge in [-0.2, -0.15) is 14.6 Å². The van der Waals surface area contributed by atoms with Crippen LogP contribution >= 0.6 is 0 Å². The molecular formula is C14H14FN5O4. The molecule has 9 nitrogen and oxygen atoms in total. The van der Waals surface area contributed by atoms with Gasteiger partial charge in [-0.3, -0.25) is 14.9 Å². The summed E-state index contributed by atoms with van der Waals surface area (Å²) in [5.41, 5.74) is 2.72.